The number of aliphatic hydroxyl groups is 1. The van der Waals surface area contributed by atoms with Gasteiger partial charge in [0.15, 0.2) is 11.9 Å². The van der Waals surface area contributed by atoms with Gasteiger partial charge >= 0.3 is 5.97 Å². The van der Waals surface area contributed by atoms with Crippen LogP contribution in [0.1, 0.15) is 45.7 Å². The zero-order valence-corrected chi connectivity index (χ0v) is 20.6. The minimum atomic E-state index is -2.86. The van der Waals surface area contributed by atoms with E-state index in [0.29, 0.717) is 24.4 Å². The number of nitrogens with zero attached hydrogens (tertiary/aromatic N) is 4. The summed E-state index contributed by atoms with van der Waals surface area (Å²) in [5, 5.41) is 26.1. The molecule has 0 amide bonds. The van der Waals surface area contributed by atoms with Gasteiger partial charge in [0.25, 0.3) is 14.4 Å². The minimum absolute atomic E-state index is 0.221. The number of anilines is 1. The van der Waals surface area contributed by atoms with E-state index in [1.807, 2.05) is 19.9 Å². The van der Waals surface area contributed by atoms with E-state index in [-0.39, 0.29) is 18.9 Å². The first-order valence-corrected chi connectivity index (χ1v) is 12.5. The number of carbonyl (C=O) groups excluding carboxylic acids is 1. The fourth-order valence-corrected chi connectivity index (χ4v) is 4.12. The van der Waals surface area contributed by atoms with Gasteiger partial charge in [0.05, 0.1) is 19.3 Å². The quantitative estimate of drug-likeness (QED) is 0.186. The number of aliphatic hydroxyl groups excluding tert-OH is 1. The van der Waals surface area contributed by atoms with Crippen LogP contribution in [0, 0.1) is 17.4 Å². The van der Waals surface area contributed by atoms with E-state index in [0.717, 1.165) is 18.5 Å². The maximum Gasteiger partial charge on any atom is 0.323 e. The van der Waals surface area contributed by atoms with E-state index in [9.17, 15) is 14.5 Å². The largest absolute Gasteiger partial charge is 0.464 e. The van der Waals surface area contributed by atoms with Crippen molar-refractivity contribution in [3.63, 3.8) is 0 Å². The van der Waals surface area contributed by atoms with Crippen molar-refractivity contribution in [1.29, 1.82) is 5.26 Å². The highest BCUT2D eigenvalue weighted by molar-refractivity contribution is 7.36. The second-order valence-corrected chi connectivity index (χ2v) is 9.05. The number of carbonyl (C=O) groups is 1. The Hall–Kier alpha value is -2.71. The summed E-state index contributed by atoms with van der Waals surface area (Å²) in [4.78, 5) is 16.0. The smallest absolute Gasteiger partial charge is 0.323 e. The highest BCUT2D eigenvalue weighted by Gasteiger charge is 2.24. The van der Waals surface area contributed by atoms with Gasteiger partial charge in [-0.2, -0.15) is 10.4 Å². The molecule has 13 heteroatoms. The molecule has 0 radical (unpaired) electrons. The predicted octanol–water partition coefficient (Wildman–Crippen LogP) is 1.84. The zero-order chi connectivity index (χ0) is 25.1. The molecule has 0 bridgehead atoms. The topological polar surface area (TPSA) is 174 Å². The van der Waals surface area contributed by atoms with E-state index in [4.69, 9.17) is 25.0 Å². The number of hydrogen-bond acceptors (Lipinski definition) is 10. The van der Waals surface area contributed by atoms with E-state index >= 15 is 0 Å². The van der Waals surface area contributed by atoms with Crippen LogP contribution >= 0.6 is 8.18 Å². The first-order valence-electron chi connectivity index (χ1n) is 11.2. The Morgan fingerprint density at radius 3 is 2.76 bits per heavy atom. The van der Waals surface area contributed by atoms with Crippen LogP contribution in [0.25, 0.3) is 5.52 Å². The molecule has 4 N–H and O–H groups in total. The number of rotatable bonds is 15. The van der Waals surface area contributed by atoms with Gasteiger partial charge in [0.2, 0.25) is 0 Å². The van der Waals surface area contributed by atoms with Gasteiger partial charge < -0.3 is 24.8 Å². The lowest BCUT2D eigenvalue weighted by Crippen LogP contribution is -2.34. The Morgan fingerprint density at radius 2 is 2.09 bits per heavy atom. The fraction of sp³-hybridized carbons (Fsp3) is 0.619. The van der Waals surface area contributed by atoms with Crippen molar-refractivity contribution in [1.82, 2.24) is 19.7 Å². The van der Waals surface area contributed by atoms with E-state index in [2.05, 4.69) is 15.2 Å². The summed E-state index contributed by atoms with van der Waals surface area (Å²) in [5.41, 5.74) is 7.26. The Labute approximate surface area is 199 Å². The van der Waals surface area contributed by atoms with Gasteiger partial charge in [-0.3, -0.25) is 9.36 Å². The summed E-state index contributed by atoms with van der Waals surface area (Å²) in [6.07, 6.45) is 3.18. The maximum absolute atomic E-state index is 12.3. The van der Waals surface area contributed by atoms with Crippen LogP contribution in [-0.4, -0.2) is 57.1 Å². The van der Waals surface area contributed by atoms with Gasteiger partial charge in [-0.05, 0) is 37.8 Å². The zero-order valence-electron chi connectivity index (χ0n) is 19.6. The first-order chi connectivity index (χ1) is 16.3. The summed E-state index contributed by atoms with van der Waals surface area (Å²) >= 11 is 0. The molecule has 0 fully saturated rings. The lowest BCUT2D eigenvalue weighted by molar-refractivity contribution is -0.146. The molecule has 4 atom stereocenters. The van der Waals surface area contributed by atoms with Gasteiger partial charge in [-0.15, -0.1) is 0 Å². The molecule has 0 saturated carbocycles. The Kier molecular flexibility index (Phi) is 11.2. The van der Waals surface area contributed by atoms with Crippen molar-refractivity contribution in [2.75, 3.05) is 18.9 Å². The second-order valence-electron chi connectivity index (χ2n) is 7.90. The fourth-order valence-electron chi connectivity index (χ4n) is 3.25. The number of esters is 1. The number of nitrogens with two attached hydrogens (primary N) is 1. The Morgan fingerprint density at radius 1 is 1.35 bits per heavy atom. The van der Waals surface area contributed by atoms with Crippen LogP contribution in [0.4, 0.5) is 5.82 Å². The monoisotopic (exact) mass is 496 g/mol. The van der Waals surface area contributed by atoms with Crippen LogP contribution in [0.5, 0.6) is 0 Å². The number of ether oxygens (including phenoxy) is 2. The van der Waals surface area contributed by atoms with Crippen LogP contribution in [0.3, 0.4) is 0 Å². The van der Waals surface area contributed by atoms with Crippen molar-refractivity contribution in [3.8, 4) is 6.26 Å². The minimum Gasteiger partial charge on any atom is -0.464 e. The number of nitriles is 1. The lowest BCUT2D eigenvalue weighted by atomic mass is 10.1. The second kappa shape index (κ2) is 13.9. The van der Waals surface area contributed by atoms with Crippen LogP contribution in [0.15, 0.2) is 18.5 Å². The SMILES string of the molecule is CCC(CC)COC(=O)[C@H](C)N[PH](=O)OC[C@@H](OC#N)[C@@H](O)CCc1ccc2c(N)ncnn12. The summed E-state index contributed by atoms with van der Waals surface area (Å²) in [7, 11) is -2.86. The molecule has 12 nitrogen and oxygen atoms in total. The van der Waals surface area contributed by atoms with Crippen molar-refractivity contribution in [2.45, 2.75) is 64.7 Å². The first kappa shape index (κ1) is 27.5. The number of fused-ring (bicyclic) bond motifs is 1. The molecule has 2 aromatic heterocycles. The van der Waals surface area contributed by atoms with Crippen LogP contribution < -0.4 is 10.8 Å². The van der Waals surface area contributed by atoms with Crippen molar-refractivity contribution in [2.24, 2.45) is 5.92 Å². The van der Waals surface area contributed by atoms with E-state index < -0.39 is 32.4 Å². The molecule has 0 spiro atoms. The molecule has 34 heavy (non-hydrogen) atoms. The van der Waals surface area contributed by atoms with Crippen molar-refractivity contribution in [3.05, 3.63) is 24.2 Å². The summed E-state index contributed by atoms with van der Waals surface area (Å²) in [5.74, 6) is 0.0964. The molecule has 2 heterocycles. The molecule has 0 aliphatic rings. The standard InChI is InChI=1S/C21H33N6O6P/c1-4-15(5-2)10-31-21(29)14(3)26-34(30)33-11-19(32-12-22)18(28)9-7-16-6-8-17-20(23)24-13-25-27(16)17/h6,8,13-15,18-19,28,34H,4-5,7,9-11H2,1-3H3,(H,26,30)(H2,23,24,25)/t14-,18-,19+/m0/s1. The summed E-state index contributed by atoms with van der Waals surface area (Å²) < 4.78 is 29.3. The molecule has 188 valence electrons. The molecule has 0 aromatic carbocycles. The Balaban J connectivity index is 1.83. The van der Waals surface area contributed by atoms with Crippen molar-refractivity contribution >= 4 is 25.5 Å². The predicted molar refractivity (Wildman–Crippen MR) is 125 cm³/mol. The van der Waals surface area contributed by atoms with Crippen LogP contribution in [0.2, 0.25) is 0 Å². The van der Waals surface area contributed by atoms with E-state index in [1.165, 1.54) is 19.5 Å². The number of nitrogens with one attached hydrogen (secondary N) is 1. The van der Waals surface area contributed by atoms with Crippen LogP contribution in [-0.2, 0) is 29.8 Å². The number of aryl methyl sites for hydroxylation is 1. The number of aromatic nitrogens is 3. The van der Waals surface area contributed by atoms with E-state index in [1.54, 1.807) is 10.6 Å². The number of hydrogen-bond donors (Lipinski definition) is 3. The third-order valence-electron chi connectivity index (χ3n) is 5.57. The normalized spacial score (nSPS) is 14.9. The van der Waals surface area contributed by atoms with Gasteiger partial charge in [-0.25, -0.2) is 14.6 Å². The molecule has 0 saturated heterocycles. The summed E-state index contributed by atoms with van der Waals surface area (Å²) in [6.45, 7) is 5.57. The molecular formula is C21H33N6O6P. The highest BCUT2D eigenvalue weighted by atomic mass is 31.1. The Bertz CT molecular complexity index is 992. The lowest BCUT2D eigenvalue weighted by Gasteiger charge is -2.21. The van der Waals surface area contributed by atoms with Crippen molar-refractivity contribution < 1.29 is 28.5 Å². The van der Waals surface area contributed by atoms with Gasteiger partial charge in [0, 0.05) is 5.69 Å². The molecular weight excluding hydrogens is 463 g/mol. The molecule has 0 aliphatic carbocycles. The number of nitrogen functional groups attached to an aromatic ring is 1. The third kappa shape index (κ3) is 7.95. The summed E-state index contributed by atoms with van der Waals surface area (Å²) in [6, 6.07) is 2.76. The third-order valence-corrected chi connectivity index (χ3v) is 6.67. The molecule has 2 rings (SSSR count). The van der Waals surface area contributed by atoms with Gasteiger partial charge in [0.1, 0.15) is 17.9 Å². The molecule has 0 aliphatic heterocycles. The van der Waals surface area contributed by atoms with Gasteiger partial charge in [-0.1, -0.05) is 26.7 Å². The highest BCUT2D eigenvalue weighted by Crippen LogP contribution is 2.21. The molecule has 1 unspecified atom stereocenters. The average molecular weight is 497 g/mol. The molecule has 2 aromatic rings. The maximum atomic E-state index is 12.3. The average Bonchev–Trinajstić information content (AvgIpc) is 3.25.